The normalized spacial score (nSPS) is 11.3. The van der Waals surface area contributed by atoms with Gasteiger partial charge in [-0.2, -0.15) is 0 Å². The first-order valence-corrected chi connectivity index (χ1v) is 8.91. The molecule has 2 rings (SSSR count). The van der Waals surface area contributed by atoms with Crippen LogP contribution in [0.25, 0.3) is 0 Å². The molecule has 0 aliphatic heterocycles. The Kier molecular flexibility index (Phi) is 5.01. The second kappa shape index (κ2) is 6.64. The molecule has 0 saturated heterocycles. The van der Waals surface area contributed by atoms with Gasteiger partial charge in [0.15, 0.2) is 5.69 Å². The largest absolute Gasteiger partial charge is 0.320 e. The molecular weight excluding hydrogens is 338 g/mol. The number of benzene rings is 1. The van der Waals surface area contributed by atoms with Crippen molar-refractivity contribution in [2.45, 2.75) is 25.9 Å². The van der Waals surface area contributed by atoms with Gasteiger partial charge in [0.2, 0.25) is 15.0 Å². The molecule has 1 aromatic carbocycles. The van der Waals surface area contributed by atoms with Crippen LogP contribution in [0, 0.1) is 13.8 Å². The van der Waals surface area contributed by atoms with E-state index in [9.17, 15) is 13.2 Å². The van der Waals surface area contributed by atoms with E-state index in [1.54, 1.807) is 6.07 Å². The summed E-state index contributed by atoms with van der Waals surface area (Å²) in [5.74, 6) is -0.746. The number of anilines is 1. The van der Waals surface area contributed by atoms with Gasteiger partial charge in [-0.15, -0.1) is 0 Å². The summed E-state index contributed by atoms with van der Waals surface area (Å²) >= 11 is 5.93. The molecule has 1 heterocycles. The minimum Gasteiger partial charge on any atom is -0.320 e. The Bertz CT molecular complexity index is 866. The van der Waals surface area contributed by atoms with Gasteiger partial charge < -0.3 is 5.32 Å². The molecule has 122 valence electrons. The molecule has 0 unspecified atom stereocenters. The van der Waals surface area contributed by atoms with Crippen LogP contribution in [-0.4, -0.2) is 30.0 Å². The quantitative estimate of drug-likeness (QED) is 0.854. The summed E-state index contributed by atoms with van der Waals surface area (Å²) in [4.78, 5) is 19.9. The van der Waals surface area contributed by atoms with Gasteiger partial charge in [-0.1, -0.05) is 36.2 Å². The minimum atomic E-state index is -3.62. The number of nitrogens with zero attached hydrogens (tertiary/aromatic N) is 2. The molecule has 0 spiro atoms. The molecule has 1 N–H and O–H groups in total. The van der Waals surface area contributed by atoms with Gasteiger partial charge in [-0.25, -0.2) is 18.4 Å². The number of aromatic nitrogens is 2. The summed E-state index contributed by atoms with van der Waals surface area (Å²) in [5.41, 5.74) is 2.38. The third-order valence-electron chi connectivity index (χ3n) is 3.23. The van der Waals surface area contributed by atoms with Crippen LogP contribution in [0.2, 0.25) is 5.02 Å². The lowest BCUT2D eigenvalue weighted by Gasteiger charge is -2.10. The van der Waals surface area contributed by atoms with E-state index in [2.05, 4.69) is 15.3 Å². The number of carbonyl (C=O) groups is 1. The molecule has 2 aromatic rings. The lowest BCUT2D eigenvalue weighted by Crippen LogP contribution is -2.18. The van der Waals surface area contributed by atoms with Crippen LogP contribution in [0.3, 0.4) is 0 Å². The fourth-order valence-electron chi connectivity index (χ4n) is 1.92. The standard InChI is InChI=1S/C15H16ClN3O3S/c1-4-23(21,22)15-17-8-11(16)13(19-15)14(20)18-12-6-5-9(2)7-10(12)3/h5-8H,4H2,1-3H3,(H,18,20). The molecule has 0 fully saturated rings. The van der Waals surface area contributed by atoms with Crippen LogP contribution in [0.1, 0.15) is 28.5 Å². The van der Waals surface area contributed by atoms with Gasteiger partial charge >= 0.3 is 0 Å². The van der Waals surface area contributed by atoms with Gasteiger partial charge in [-0.05, 0) is 25.5 Å². The number of amides is 1. The van der Waals surface area contributed by atoms with Crippen molar-refractivity contribution in [2.24, 2.45) is 0 Å². The maximum absolute atomic E-state index is 12.4. The predicted octanol–water partition coefficient (Wildman–Crippen LogP) is 2.79. The predicted molar refractivity (Wildman–Crippen MR) is 88.6 cm³/mol. The van der Waals surface area contributed by atoms with Crippen LogP contribution in [0.15, 0.2) is 29.6 Å². The maximum atomic E-state index is 12.4. The number of hydrogen-bond acceptors (Lipinski definition) is 5. The Hall–Kier alpha value is -1.99. The van der Waals surface area contributed by atoms with Crippen LogP contribution < -0.4 is 5.32 Å². The smallest absolute Gasteiger partial charge is 0.275 e. The Morgan fingerprint density at radius 3 is 2.61 bits per heavy atom. The van der Waals surface area contributed by atoms with E-state index in [4.69, 9.17) is 11.6 Å². The van der Waals surface area contributed by atoms with Crippen LogP contribution in [0.4, 0.5) is 5.69 Å². The lowest BCUT2D eigenvalue weighted by atomic mass is 10.1. The van der Waals surface area contributed by atoms with E-state index < -0.39 is 20.9 Å². The highest BCUT2D eigenvalue weighted by Gasteiger charge is 2.21. The van der Waals surface area contributed by atoms with Gasteiger partial charge in [0.05, 0.1) is 17.0 Å². The number of sulfone groups is 1. The van der Waals surface area contributed by atoms with Crippen molar-refractivity contribution in [2.75, 3.05) is 11.1 Å². The van der Waals surface area contributed by atoms with Crippen LogP contribution in [-0.2, 0) is 9.84 Å². The molecule has 6 nitrogen and oxygen atoms in total. The summed E-state index contributed by atoms with van der Waals surface area (Å²) in [6.45, 7) is 5.28. The zero-order chi connectivity index (χ0) is 17.2. The highest BCUT2D eigenvalue weighted by Crippen LogP contribution is 2.20. The fourth-order valence-corrected chi connectivity index (χ4v) is 2.80. The molecule has 0 aliphatic carbocycles. The molecule has 0 radical (unpaired) electrons. The molecule has 0 saturated carbocycles. The highest BCUT2D eigenvalue weighted by molar-refractivity contribution is 7.91. The Labute approximate surface area is 139 Å². The number of rotatable bonds is 4. The van der Waals surface area contributed by atoms with E-state index in [0.29, 0.717) is 5.69 Å². The molecule has 23 heavy (non-hydrogen) atoms. The van der Waals surface area contributed by atoms with Gasteiger partial charge in [0, 0.05) is 5.69 Å². The Morgan fingerprint density at radius 2 is 2.00 bits per heavy atom. The summed E-state index contributed by atoms with van der Waals surface area (Å²) in [6.07, 6.45) is 1.12. The van der Waals surface area contributed by atoms with Gasteiger partial charge in [0.1, 0.15) is 0 Å². The molecule has 0 atom stereocenters. The van der Waals surface area contributed by atoms with Crippen molar-refractivity contribution in [3.8, 4) is 0 Å². The van der Waals surface area contributed by atoms with Crippen molar-refractivity contribution in [3.05, 3.63) is 46.2 Å². The van der Waals surface area contributed by atoms with E-state index in [1.165, 1.54) is 6.92 Å². The maximum Gasteiger partial charge on any atom is 0.275 e. The number of nitrogens with one attached hydrogen (secondary N) is 1. The fraction of sp³-hybridized carbons (Fsp3) is 0.267. The van der Waals surface area contributed by atoms with Gasteiger partial charge in [-0.3, -0.25) is 4.79 Å². The van der Waals surface area contributed by atoms with Crippen molar-refractivity contribution >= 4 is 33.0 Å². The average molecular weight is 354 g/mol. The zero-order valence-corrected chi connectivity index (χ0v) is 14.5. The van der Waals surface area contributed by atoms with Crippen molar-refractivity contribution in [1.29, 1.82) is 0 Å². The molecule has 0 aliphatic rings. The first kappa shape index (κ1) is 17.4. The van der Waals surface area contributed by atoms with Crippen LogP contribution in [0.5, 0.6) is 0 Å². The van der Waals surface area contributed by atoms with E-state index >= 15 is 0 Å². The Balaban J connectivity index is 2.37. The zero-order valence-electron chi connectivity index (χ0n) is 12.9. The second-order valence-corrected chi connectivity index (χ2v) is 7.60. The third kappa shape index (κ3) is 3.86. The number of halogens is 1. The molecule has 1 aromatic heterocycles. The highest BCUT2D eigenvalue weighted by atomic mass is 35.5. The van der Waals surface area contributed by atoms with Gasteiger partial charge in [0.25, 0.3) is 5.91 Å². The minimum absolute atomic E-state index is 0.0117. The number of carbonyl (C=O) groups excluding carboxylic acids is 1. The molecule has 0 bridgehead atoms. The summed E-state index contributed by atoms with van der Waals surface area (Å²) in [5, 5.41) is 2.26. The Morgan fingerprint density at radius 1 is 1.30 bits per heavy atom. The number of hydrogen-bond donors (Lipinski definition) is 1. The summed E-state index contributed by atoms with van der Waals surface area (Å²) < 4.78 is 23.7. The first-order chi connectivity index (χ1) is 10.7. The number of aryl methyl sites for hydroxylation is 2. The summed E-state index contributed by atoms with van der Waals surface area (Å²) in [7, 11) is -3.62. The first-order valence-electron chi connectivity index (χ1n) is 6.88. The second-order valence-electron chi connectivity index (χ2n) is 5.03. The van der Waals surface area contributed by atoms with Crippen molar-refractivity contribution in [1.82, 2.24) is 9.97 Å². The monoisotopic (exact) mass is 353 g/mol. The van der Waals surface area contributed by atoms with E-state index in [-0.39, 0.29) is 16.5 Å². The van der Waals surface area contributed by atoms with Crippen LogP contribution >= 0.6 is 11.6 Å². The SMILES string of the molecule is CCS(=O)(=O)c1ncc(Cl)c(C(=O)Nc2ccc(C)cc2C)n1. The average Bonchev–Trinajstić information content (AvgIpc) is 2.50. The van der Waals surface area contributed by atoms with Crippen molar-refractivity contribution < 1.29 is 13.2 Å². The molecule has 1 amide bonds. The van der Waals surface area contributed by atoms with E-state index in [1.807, 2.05) is 26.0 Å². The topological polar surface area (TPSA) is 89.0 Å². The molecular formula is C15H16ClN3O3S. The lowest BCUT2D eigenvalue weighted by molar-refractivity contribution is 0.102. The van der Waals surface area contributed by atoms with Crippen molar-refractivity contribution in [3.63, 3.8) is 0 Å². The van der Waals surface area contributed by atoms with E-state index in [0.717, 1.165) is 17.3 Å². The third-order valence-corrected chi connectivity index (χ3v) is 5.02. The molecule has 8 heteroatoms. The summed E-state index contributed by atoms with van der Waals surface area (Å²) in [6, 6.07) is 5.54.